The van der Waals surface area contributed by atoms with Gasteiger partial charge >= 0.3 is 6.18 Å². The first-order valence-corrected chi connectivity index (χ1v) is 7.90. The summed E-state index contributed by atoms with van der Waals surface area (Å²) in [6, 6.07) is 4.10. The molecule has 3 atom stereocenters. The van der Waals surface area contributed by atoms with E-state index < -0.39 is 11.7 Å². The first kappa shape index (κ1) is 14.6. The Morgan fingerprint density at radius 2 is 2.00 bits per heavy atom. The second-order valence-corrected chi connectivity index (χ2v) is 6.89. The molecular formula is C15H17F3N2S. The Kier molecular flexibility index (Phi) is 3.59. The van der Waals surface area contributed by atoms with E-state index in [4.69, 9.17) is 0 Å². The van der Waals surface area contributed by atoms with E-state index in [1.807, 2.05) is 0 Å². The zero-order chi connectivity index (χ0) is 15.2. The van der Waals surface area contributed by atoms with Crippen LogP contribution in [0.1, 0.15) is 32.3 Å². The number of rotatable bonds is 2. The molecule has 0 radical (unpaired) electrons. The SMILES string of the molecule is CC1CCC(Nc2nc3cc(C(F)(F)F)ccc3s2)C1C. The number of fused-ring (bicyclic) bond motifs is 1. The summed E-state index contributed by atoms with van der Waals surface area (Å²) in [6.07, 6.45) is -2.05. The van der Waals surface area contributed by atoms with E-state index in [-0.39, 0.29) is 0 Å². The molecule has 1 heterocycles. The number of nitrogens with one attached hydrogen (secondary N) is 1. The summed E-state index contributed by atoms with van der Waals surface area (Å²) in [5.41, 5.74) is -0.231. The van der Waals surface area contributed by atoms with Gasteiger partial charge in [-0.3, -0.25) is 0 Å². The summed E-state index contributed by atoms with van der Waals surface area (Å²) >= 11 is 1.42. The molecule has 6 heteroatoms. The number of thiazole rings is 1. The molecule has 0 bridgehead atoms. The maximum Gasteiger partial charge on any atom is 0.416 e. The second-order valence-electron chi connectivity index (χ2n) is 5.86. The van der Waals surface area contributed by atoms with Crippen molar-refractivity contribution in [3.63, 3.8) is 0 Å². The average molecular weight is 314 g/mol. The van der Waals surface area contributed by atoms with Gasteiger partial charge in [0.25, 0.3) is 0 Å². The Morgan fingerprint density at radius 3 is 2.62 bits per heavy atom. The third-order valence-electron chi connectivity index (χ3n) is 4.49. The first-order chi connectivity index (χ1) is 9.84. The number of hydrogen-bond acceptors (Lipinski definition) is 3. The van der Waals surface area contributed by atoms with E-state index in [1.165, 1.54) is 23.8 Å². The van der Waals surface area contributed by atoms with Gasteiger partial charge in [0.05, 0.1) is 15.8 Å². The molecule has 114 valence electrons. The van der Waals surface area contributed by atoms with Gasteiger partial charge in [-0.05, 0) is 42.9 Å². The van der Waals surface area contributed by atoms with Gasteiger partial charge in [-0.25, -0.2) is 4.98 Å². The second kappa shape index (κ2) is 5.16. The molecule has 0 spiro atoms. The molecule has 1 fully saturated rings. The minimum Gasteiger partial charge on any atom is -0.358 e. The van der Waals surface area contributed by atoms with Crippen molar-refractivity contribution in [1.29, 1.82) is 0 Å². The van der Waals surface area contributed by atoms with Crippen LogP contribution in [-0.4, -0.2) is 11.0 Å². The number of alkyl halides is 3. The fourth-order valence-electron chi connectivity index (χ4n) is 2.89. The topological polar surface area (TPSA) is 24.9 Å². The van der Waals surface area contributed by atoms with Crippen molar-refractivity contribution in [3.05, 3.63) is 23.8 Å². The molecule has 1 N–H and O–H groups in total. The maximum atomic E-state index is 12.7. The molecule has 0 saturated heterocycles. The molecular weight excluding hydrogens is 297 g/mol. The summed E-state index contributed by atoms with van der Waals surface area (Å²) < 4.78 is 38.9. The number of hydrogen-bond donors (Lipinski definition) is 1. The summed E-state index contributed by atoms with van der Waals surface area (Å²) in [6.45, 7) is 4.45. The molecule has 2 aromatic rings. The van der Waals surface area contributed by atoms with Crippen molar-refractivity contribution in [2.45, 2.75) is 38.9 Å². The molecule has 0 aliphatic heterocycles. The smallest absolute Gasteiger partial charge is 0.358 e. The van der Waals surface area contributed by atoms with Crippen molar-refractivity contribution in [1.82, 2.24) is 4.98 Å². The van der Waals surface area contributed by atoms with Crippen LogP contribution in [0.2, 0.25) is 0 Å². The Morgan fingerprint density at radius 1 is 1.24 bits per heavy atom. The van der Waals surface area contributed by atoms with Crippen LogP contribution >= 0.6 is 11.3 Å². The van der Waals surface area contributed by atoms with Crippen molar-refractivity contribution in [2.24, 2.45) is 11.8 Å². The predicted molar refractivity (Wildman–Crippen MR) is 79.6 cm³/mol. The van der Waals surface area contributed by atoms with Crippen LogP contribution in [0.3, 0.4) is 0 Å². The van der Waals surface area contributed by atoms with Crippen molar-refractivity contribution in [2.75, 3.05) is 5.32 Å². The Hall–Kier alpha value is -1.30. The van der Waals surface area contributed by atoms with E-state index in [9.17, 15) is 13.2 Å². The van der Waals surface area contributed by atoms with Crippen molar-refractivity contribution < 1.29 is 13.2 Å². The largest absolute Gasteiger partial charge is 0.416 e. The van der Waals surface area contributed by atoms with Gasteiger partial charge in [-0.15, -0.1) is 0 Å². The summed E-state index contributed by atoms with van der Waals surface area (Å²) in [5.74, 6) is 1.23. The highest BCUT2D eigenvalue weighted by Gasteiger charge is 2.32. The number of nitrogens with zero attached hydrogens (tertiary/aromatic N) is 1. The average Bonchev–Trinajstić information content (AvgIpc) is 2.94. The maximum absolute atomic E-state index is 12.7. The van der Waals surface area contributed by atoms with Crippen LogP contribution < -0.4 is 5.32 Å². The lowest BCUT2D eigenvalue weighted by atomic mass is 9.98. The van der Waals surface area contributed by atoms with Gasteiger partial charge < -0.3 is 5.32 Å². The van der Waals surface area contributed by atoms with Crippen LogP contribution in [0.5, 0.6) is 0 Å². The lowest BCUT2D eigenvalue weighted by molar-refractivity contribution is -0.137. The molecule has 1 aromatic heterocycles. The number of halogens is 3. The molecule has 2 nitrogen and oxygen atoms in total. The first-order valence-electron chi connectivity index (χ1n) is 7.09. The lowest BCUT2D eigenvalue weighted by Gasteiger charge is -2.18. The molecule has 1 saturated carbocycles. The van der Waals surface area contributed by atoms with Gasteiger partial charge in [0, 0.05) is 6.04 Å². The molecule has 1 aliphatic rings. The van der Waals surface area contributed by atoms with Crippen LogP contribution in [-0.2, 0) is 6.18 Å². The van der Waals surface area contributed by atoms with E-state index >= 15 is 0 Å². The highest BCUT2D eigenvalue weighted by molar-refractivity contribution is 7.22. The molecule has 3 rings (SSSR count). The number of anilines is 1. The number of aromatic nitrogens is 1. The summed E-state index contributed by atoms with van der Waals surface area (Å²) in [5, 5.41) is 4.11. The Balaban J connectivity index is 1.84. The molecule has 3 unspecified atom stereocenters. The van der Waals surface area contributed by atoms with Gasteiger partial charge in [0.1, 0.15) is 0 Å². The fraction of sp³-hybridized carbons (Fsp3) is 0.533. The van der Waals surface area contributed by atoms with E-state index in [1.54, 1.807) is 0 Å². The predicted octanol–water partition coefficient (Wildman–Crippen LogP) is 5.16. The Bertz CT molecular complexity index is 650. The van der Waals surface area contributed by atoms with Gasteiger partial charge in [-0.2, -0.15) is 13.2 Å². The quantitative estimate of drug-likeness (QED) is 0.828. The fourth-order valence-corrected chi connectivity index (χ4v) is 3.80. The standard InChI is InChI=1S/C15H17F3N2S/c1-8-3-5-11(9(8)2)19-14-20-12-7-10(15(16,17)18)4-6-13(12)21-14/h4,6-9,11H,3,5H2,1-2H3,(H,19,20). The van der Waals surface area contributed by atoms with E-state index in [0.717, 1.165) is 28.4 Å². The minimum atomic E-state index is -4.32. The summed E-state index contributed by atoms with van der Waals surface area (Å²) in [7, 11) is 0. The van der Waals surface area contributed by atoms with Crippen molar-refractivity contribution in [3.8, 4) is 0 Å². The minimum absolute atomic E-state index is 0.364. The highest BCUT2D eigenvalue weighted by Crippen LogP contribution is 2.37. The monoisotopic (exact) mass is 314 g/mol. The molecule has 1 aromatic carbocycles. The molecule has 1 aliphatic carbocycles. The molecule has 0 amide bonds. The Labute approximate surface area is 125 Å². The zero-order valence-electron chi connectivity index (χ0n) is 11.9. The van der Waals surface area contributed by atoms with Gasteiger partial charge in [0.15, 0.2) is 5.13 Å². The van der Waals surface area contributed by atoms with Crippen LogP contribution in [0.25, 0.3) is 10.2 Å². The number of benzene rings is 1. The normalized spacial score (nSPS) is 26.4. The lowest BCUT2D eigenvalue weighted by Crippen LogP contribution is -2.23. The highest BCUT2D eigenvalue weighted by atomic mass is 32.1. The van der Waals surface area contributed by atoms with E-state index in [0.29, 0.717) is 23.4 Å². The van der Waals surface area contributed by atoms with Crippen LogP contribution in [0.4, 0.5) is 18.3 Å². The van der Waals surface area contributed by atoms with Gasteiger partial charge in [-0.1, -0.05) is 25.2 Å². The molecule has 21 heavy (non-hydrogen) atoms. The summed E-state index contributed by atoms with van der Waals surface area (Å²) in [4.78, 5) is 4.32. The van der Waals surface area contributed by atoms with Gasteiger partial charge in [0.2, 0.25) is 0 Å². The zero-order valence-corrected chi connectivity index (χ0v) is 12.7. The van der Waals surface area contributed by atoms with E-state index in [2.05, 4.69) is 24.1 Å². The van der Waals surface area contributed by atoms with Crippen LogP contribution in [0.15, 0.2) is 18.2 Å². The third kappa shape index (κ3) is 2.86. The van der Waals surface area contributed by atoms with Crippen molar-refractivity contribution >= 4 is 26.7 Å². The third-order valence-corrected chi connectivity index (χ3v) is 5.46. The van der Waals surface area contributed by atoms with Crippen LogP contribution in [0, 0.1) is 11.8 Å².